The van der Waals surface area contributed by atoms with Crippen molar-refractivity contribution in [3.05, 3.63) is 0 Å². The number of carbonyl (C=O) groups is 2. The quantitative estimate of drug-likeness (QED) is 0.841. The topological polar surface area (TPSA) is 57.6 Å². The van der Waals surface area contributed by atoms with Crippen molar-refractivity contribution in [3.63, 3.8) is 0 Å². The summed E-state index contributed by atoms with van der Waals surface area (Å²) in [5, 5.41) is 9.12. The van der Waals surface area contributed by atoms with Crippen molar-refractivity contribution in [1.82, 2.24) is 4.90 Å². The Morgan fingerprint density at radius 2 is 1.67 bits per heavy atom. The largest absolute Gasteiger partial charge is 0.481 e. The third kappa shape index (κ3) is 2.38. The van der Waals surface area contributed by atoms with Crippen LogP contribution < -0.4 is 0 Å². The Morgan fingerprint density at radius 3 is 1.94 bits per heavy atom. The van der Waals surface area contributed by atoms with Crippen LogP contribution >= 0.6 is 0 Å². The zero-order valence-corrected chi connectivity index (χ0v) is 12.4. The van der Waals surface area contributed by atoms with E-state index in [1.807, 2.05) is 20.8 Å². The Bertz CT molecular complexity index is 368. The molecule has 0 saturated heterocycles. The molecule has 1 amide bonds. The first kappa shape index (κ1) is 15.0. The van der Waals surface area contributed by atoms with Gasteiger partial charge in [-0.2, -0.15) is 0 Å². The van der Waals surface area contributed by atoms with Gasteiger partial charge in [-0.3, -0.25) is 9.59 Å². The Balaban J connectivity index is 2.82. The lowest BCUT2D eigenvalue weighted by Gasteiger charge is -2.35. The summed E-state index contributed by atoms with van der Waals surface area (Å²) in [5.74, 6) is -1.84. The van der Waals surface area contributed by atoms with Crippen molar-refractivity contribution < 1.29 is 14.7 Å². The minimum atomic E-state index is -0.866. The highest BCUT2D eigenvalue weighted by atomic mass is 16.4. The van der Waals surface area contributed by atoms with Crippen LogP contribution in [0.4, 0.5) is 0 Å². The van der Waals surface area contributed by atoms with Gasteiger partial charge in [0.05, 0.1) is 11.8 Å². The van der Waals surface area contributed by atoms with Crippen LogP contribution in [-0.2, 0) is 9.59 Å². The van der Waals surface area contributed by atoms with Crippen LogP contribution in [0.2, 0.25) is 0 Å². The highest BCUT2D eigenvalue weighted by molar-refractivity contribution is 5.91. The van der Waals surface area contributed by atoms with Crippen molar-refractivity contribution in [2.75, 3.05) is 7.05 Å². The van der Waals surface area contributed by atoms with Gasteiger partial charge in [-0.05, 0) is 17.8 Å². The van der Waals surface area contributed by atoms with Crippen LogP contribution in [0.5, 0.6) is 0 Å². The molecule has 1 aliphatic rings. The van der Waals surface area contributed by atoms with Gasteiger partial charge in [0.2, 0.25) is 5.91 Å². The van der Waals surface area contributed by atoms with Gasteiger partial charge in [0.1, 0.15) is 0 Å². The van der Waals surface area contributed by atoms with Crippen LogP contribution in [0.1, 0.15) is 41.5 Å². The van der Waals surface area contributed by atoms with Crippen molar-refractivity contribution in [3.8, 4) is 0 Å². The van der Waals surface area contributed by atoms with E-state index in [9.17, 15) is 9.59 Å². The fourth-order valence-electron chi connectivity index (χ4n) is 2.55. The fourth-order valence-corrected chi connectivity index (χ4v) is 2.55. The number of aliphatic carboxylic acids is 1. The molecule has 0 heterocycles. The van der Waals surface area contributed by atoms with Gasteiger partial charge in [0, 0.05) is 13.1 Å². The lowest BCUT2D eigenvalue weighted by atomic mass is 9.87. The Morgan fingerprint density at radius 1 is 1.22 bits per heavy atom. The molecule has 0 aromatic carbocycles. The van der Waals surface area contributed by atoms with Crippen molar-refractivity contribution >= 4 is 11.9 Å². The van der Waals surface area contributed by atoms with E-state index in [0.29, 0.717) is 0 Å². The van der Waals surface area contributed by atoms with Gasteiger partial charge in [0.25, 0.3) is 0 Å². The molecule has 104 valence electrons. The Kier molecular flexibility index (Phi) is 3.54. The van der Waals surface area contributed by atoms with E-state index < -0.39 is 17.3 Å². The zero-order chi connectivity index (χ0) is 14.5. The van der Waals surface area contributed by atoms with Crippen molar-refractivity contribution in [1.29, 1.82) is 0 Å². The van der Waals surface area contributed by atoms with E-state index in [4.69, 9.17) is 5.11 Å². The summed E-state index contributed by atoms with van der Waals surface area (Å²) in [7, 11) is 1.77. The van der Waals surface area contributed by atoms with Gasteiger partial charge >= 0.3 is 5.97 Å². The predicted molar refractivity (Wildman–Crippen MR) is 70.1 cm³/mol. The number of carboxylic acid groups (broad SMARTS) is 1. The normalized spacial score (nSPS) is 27.5. The van der Waals surface area contributed by atoms with Crippen LogP contribution in [0.15, 0.2) is 0 Å². The van der Waals surface area contributed by atoms with Gasteiger partial charge in [-0.1, -0.05) is 34.6 Å². The number of carbonyl (C=O) groups excluding carboxylic acids is 1. The van der Waals surface area contributed by atoms with Gasteiger partial charge < -0.3 is 10.0 Å². The highest BCUT2D eigenvalue weighted by Gasteiger charge is 2.66. The molecule has 0 aliphatic heterocycles. The first-order valence-corrected chi connectivity index (χ1v) is 6.41. The number of carboxylic acids is 1. The monoisotopic (exact) mass is 255 g/mol. The van der Waals surface area contributed by atoms with E-state index in [-0.39, 0.29) is 23.3 Å². The van der Waals surface area contributed by atoms with Crippen LogP contribution in [0, 0.1) is 22.7 Å². The van der Waals surface area contributed by atoms with E-state index in [0.717, 1.165) is 0 Å². The summed E-state index contributed by atoms with van der Waals surface area (Å²) in [6.45, 7) is 11.9. The molecular weight excluding hydrogens is 230 g/mol. The second-order valence-corrected chi connectivity index (χ2v) is 7.11. The lowest BCUT2D eigenvalue weighted by Crippen LogP contribution is -2.44. The molecule has 0 radical (unpaired) electrons. The average molecular weight is 255 g/mol. The fraction of sp³-hybridized carbons (Fsp3) is 0.857. The molecule has 0 bridgehead atoms. The number of nitrogens with zero attached hydrogens (tertiary/aromatic N) is 1. The minimum Gasteiger partial charge on any atom is -0.481 e. The Hall–Kier alpha value is -1.06. The average Bonchev–Trinajstić information content (AvgIpc) is 2.77. The second kappa shape index (κ2) is 4.25. The predicted octanol–water partition coefficient (Wildman–Crippen LogP) is 2.24. The lowest BCUT2D eigenvalue weighted by molar-refractivity contribution is -0.142. The minimum absolute atomic E-state index is 0.0117. The number of rotatable bonds is 3. The molecule has 1 unspecified atom stereocenters. The van der Waals surface area contributed by atoms with Crippen LogP contribution in [-0.4, -0.2) is 35.0 Å². The SMILES string of the molecule is CC(N(C)C(=O)[C@H]1[C@@H](C(=O)O)C1(C)C)C(C)(C)C. The summed E-state index contributed by atoms with van der Waals surface area (Å²) in [6.07, 6.45) is 0. The van der Waals surface area contributed by atoms with E-state index in [1.54, 1.807) is 11.9 Å². The molecule has 1 aliphatic carbocycles. The van der Waals surface area contributed by atoms with Gasteiger partial charge in [0.15, 0.2) is 0 Å². The molecule has 1 rings (SSSR count). The van der Waals surface area contributed by atoms with Crippen molar-refractivity contribution in [2.45, 2.75) is 47.6 Å². The maximum atomic E-state index is 12.4. The maximum Gasteiger partial charge on any atom is 0.307 e. The first-order chi connectivity index (χ1) is 7.92. The third-order valence-electron chi connectivity index (χ3n) is 4.54. The number of hydrogen-bond donors (Lipinski definition) is 1. The zero-order valence-electron chi connectivity index (χ0n) is 12.4. The summed E-state index contributed by atoms with van der Waals surface area (Å²) < 4.78 is 0. The molecule has 1 N–H and O–H groups in total. The smallest absolute Gasteiger partial charge is 0.307 e. The van der Waals surface area contributed by atoms with Gasteiger partial charge in [-0.25, -0.2) is 0 Å². The van der Waals surface area contributed by atoms with Gasteiger partial charge in [-0.15, -0.1) is 0 Å². The van der Waals surface area contributed by atoms with Crippen LogP contribution in [0.25, 0.3) is 0 Å². The highest BCUT2D eigenvalue weighted by Crippen LogP contribution is 2.59. The maximum absolute atomic E-state index is 12.4. The molecule has 3 atom stereocenters. The summed E-state index contributed by atoms with van der Waals surface area (Å²) in [6, 6.07) is 0.0795. The summed E-state index contributed by atoms with van der Waals surface area (Å²) in [4.78, 5) is 25.2. The second-order valence-electron chi connectivity index (χ2n) is 7.11. The molecule has 0 aromatic heterocycles. The number of amides is 1. The third-order valence-corrected chi connectivity index (χ3v) is 4.54. The first-order valence-electron chi connectivity index (χ1n) is 6.41. The molecule has 4 nitrogen and oxygen atoms in total. The standard InChI is InChI=1S/C14H25NO3/c1-8(13(2,3)4)15(7)11(16)9-10(12(17)18)14(9,5)6/h8-10H,1-7H3,(H,17,18)/t8?,9-,10+/m1/s1. The molecule has 4 heteroatoms. The Labute approximate surface area is 109 Å². The molecule has 1 fully saturated rings. The number of hydrogen-bond acceptors (Lipinski definition) is 2. The molecule has 0 spiro atoms. The summed E-state index contributed by atoms with van der Waals surface area (Å²) in [5.41, 5.74) is -0.434. The molecule has 1 saturated carbocycles. The van der Waals surface area contributed by atoms with E-state index >= 15 is 0 Å². The molecule has 0 aromatic rings. The molecular formula is C14H25NO3. The van der Waals surface area contributed by atoms with E-state index in [2.05, 4.69) is 20.8 Å². The van der Waals surface area contributed by atoms with Crippen molar-refractivity contribution in [2.24, 2.45) is 22.7 Å². The molecule has 18 heavy (non-hydrogen) atoms. The summed E-state index contributed by atoms with van der Waals surface area (Å²) >= 11 is 0. The van der Waals surface area contributed by atoms with Crippen LogP contribution in [0.3, 0.4) is 0 Å². The van der Waals surface area contributed by atoms with E-state index in [1.165, 1.54) is 0 Å².